The maximum absolute atomic E-state index is 5.47. The largest absolute Gasteiger partial charge is 0.491 e. The van der Waals surface area contributed by atoms with Gasteiger partial charge < -0.3 is 4.74 Å². The van der Waals surface area contributed by atoms with Gasteiger partial charge in [0.15, 0.2) is 0 Å². The van der Waals surface area contributed by atoms with Gasteiger partial charge in [-0.15, -0.1) is 0 Å². The zero-order valence-electron chi connectivity index (χ0n) is 6.63. The lowest BCUT2D eigenvalue weighted by atomic mass is 10.2. The molecule has 0 unspecified atom stereocenters. The first-order valence-electron chi connectivity index (χ1n) is 3.82. The van der Waals surface area contributed by atoms with Crippen LogP contribution in [0.5, 0.6) is 0 Å². The van der Waals surface area contributed by atoms with Gasteiger partial charge in [-0.05, 0) is 38.8 Å². The van der Waals surface area contributed by atoms with E-state index in [1.165, 1.54) is 0 Å². The van der Waals surface area contributed by atoms with Crippen molar-refractivity contribution in [3.63, 3.8) is 0 Å². The topological polar surface area (TPSA) is 9.23 Å². The molecule has 0 N–H and O–H groups in total. The zero-order valence-corrected chi connectivity index (χ0v) is 6.63. The molecule has 0 bridgehead atoms. The minimum absolute atomic E-state index is 0.300. The quantitative estimate of drug-likeness (QED) is 0.570. The highest BCUT2D eigenvalue weighted by Crippen LogP contribution is 2.12. The molecule has 0 aromatic heterocycles. The molecule has 10 heavy (non-hydrogen) atoms. The fraction of sp³-hybridized carbons (Fsp3) is 0.556. The van der Waals surface area contributed by atoms with Crippen LogP contribution < -0.4 is 0 Å². The summed E-state index contributed by atoms with van der Waals surface area (Å²) in [6, 6.07) is 0. The Morgan fingerprint density at radius 3 is 2.70 bits per heavy atom. The maximum Gasteiger partial charge on any atom is 0.115 e. The SMILES string of the molecule is CC(C)OC1=CCCC=C1. The van der Waals surface area contributed by atoms with Gasteiger partial charge in [-0.1, -0.05) is 6.08 Å². The van der Waals surface area contributed by atoms with Gasteiger partial charge in [0.05, 0.1) is 6.10 Å². The molecule has 1 rings (SSSR count). The van der Waals surface area contributed by atoms with E-state index >= 15 is 0 Å². The summed E-state index contributed by atoms with van der Waals surface area (Å²) in [6.07, 6.45) is 8.92. The molecule has 1 aliphatic carbocycles. The summed E-state index contributed by atoms with van der Waals surface area (Å²) < 4.78 is 5.47. The average Bonchev–Trinajstić information content (AvgIpc) is 1.88. The number of rotatable bonds is 2. The molecule has 0 atom stereocenters. The molecule has 1 aliphatic rings. The molecule has 0 heterocycles. The predicted octanol–water partition coefficient (Wildman–Crippen LogP) is 2.65. The van der Waals surface area contributed by atoms with E-state index in [2.05, 4.69) is 12.2 Å². The summed E-state index contributed by atoms with van der Waals surface area (Å²) in [5, 5.41) is 0. The molecule has 0 amide bonds. The number of hydrogen-bond donors (Lipinski definition) is 0. The Labute approximate surface area is 62.4 Å². The molecule has 56 valence electrons. The molecule has 0 saturated carbocycles. The van der Waals surface area contributed by atoms with Crippen LogP contribution in [0.2, 0.25) is 0 Å². The van der Waals surface area contributed by atoms with E-state index in [1.807, 2.05) is 19.9 Å². The van der Waals surface area contributed by atoms with Crippen molar-refractivity contribution in [3.8, 4) is 0 Å². The minimum Gasteiger partial charge on any atom is -0.491 e. The zero-order chi connectivity index (χ0) is 7.40. The van der Waals surface area contributed by atoms with Crippen molar-refractivity contribution in [2.24, 2.45) is 0 Å². The van der Waals surface area contributed by atoms with Gasteiger partial charge in [-0.25, -0.2) is 0 Å². The Morgan fingerprint density at radius 2 is 2.20 bits per heavy atom. The molecular weight excluding hydrogens is 124 g/mol. The summed E-state index contributed by atoms with van der Waals surface area (Å²) in [5.41, 5.74) is 0. The third-order valence-corrected chi connectivity index (χ3v) is 1.33. The second-order valence-corrected chi connectivity index (χ2v) is 2.75. The van der Waals surface area contributed by atoms with Crippen molar-refractivity contribution in [1.82, 2.24) is 0 Å². The van der Waals surface area contributed by atoms with Gasteiger partial charge in [0.25, 0.3) is 0 Å². The first-order valence-corrected chi connectivity index (χ1v) is 3.82. The maximum atomic E-state index is 5.47. The van der Waals surface area contributed by atoms with E-state index < -0.39 is 0 Å². The smallest absolute Gasteiger partial charge is 0.115 e. The standard InChI is InChI=1S/C9H14O/c1-8(2)10-9-6-4-3-5-7-9/h4,6-8H,3,5H2,1-2H3. The minimum atomic E-state index is 0.300. The predicted molar refractivity (Wildman–Crippen MR) is 42.7 cm³/mol. The fourth-order valence-corrected chi connectivity index (χ4v) is 0.949. The normalized spacial score (nSPS) is 17.3. The molecule has 1 nitrogen and oxygen atoms in total. The van der Waals surface area contributed by atoms with E-state index in [0.717, 1.165) is 18.6 Å². The molecule has 0 spiro atoms. The van der Waals surface area contributed by atoms with E-state index in [-0.39, 0.29) is 0 Å². The first-order chi connectivity index (χ1) is 4.79. The van der Waals surface area contributed by atoms with Gasteiger partial charge in [-0.3, -0.25) is 0 Å². The second-order valence-electron chi connectivity index (χ2n) is 2.75. The fourth-order valence-electron chi connectivity index (χ4n) is 0.949. The second kappa shape index (κ2) is 3.45. The number of allylic oxidation sites excluding steroid dienone is 3. The van der Waals surface area contributed by atoms with Crippen LogP contribution in [0.25, 0.3) is 0 Å². The van der Waals surface area contributed by atoms with E-state index in [0.29, 0.717) is 6.10 Å². The molecule has 0 saturated heterocycles. The lowest BCUT2D eigenvalue weighted by molar-refractivity contribution is 0.156. The van der Waals surface area contributed by atoms with Crippen molar-refractivity contribution in [1.29, 1.82) is 0 Å². The van der Waals surface area contributed by atoms with E-state index in [9.17, 15) is 0 Å². The number of ether oxygens (including phenoxy) is 1. The summed E-state index contributed by atoms with van der Waals surface area (Å²) in [4.78, 5) is 0. The Balaban J connectivity index is 2.40. The summed E-state index contributed by atoms with van der Waals surface area (Å²) in [7, 11) is 0. The van der Waals surface area contributed by atoms with Crippen LogP contribution >= 0.6 is 0 Å². The lowest BCUT2D eigenvalue weighted by Crippen LogP contribution is -2.01. The van der Waals surface area contributed by atoms with Crippen molar-refractivity contribution < 1.29 is 4.74 Å². The van der Waals surface area contributed by atoms with E-state index in [1.54, 1.807) is 0 Å². The third kappa shape index (κ3) is 2.26. The Bertz CT molecular complexity index is 154. The van der Waals surface area contributed by atoms with Crippen molar-refractivity contribution >= 4 is 0 Å². The number of hydrogen-bond acceptors (Lipinski definition) is 1. The van der Waals surface area contributed by atoms with Gasteiger partial charge in [0, 0.05) is 0 Å². The molecular formula is C9H14O. The average molecular weight is 138 g/mol. The van der Waals surface area contributed by atoms with Gasteiger partial charge in [0.2, 0.25) is 0 Å². The van der Waals surface area contributed by atoms with Crippen LogP contribution in [0.1, 0.15) is 26.7 Å². The molecule has 0 radical (unpaired) electrons. The van der Waals surface area contributed by atoms with Crippen LogP contribution in [0, 0.1) is 0 Å². The van der Waals surface area contributed by atoms with Crippen LogP contribution in [-0.4, -0.2) is 6.10 Å². The Morgan fingerprint density at radius 1 is 1.40 bits per heavy atom. The van der Waals surface area contributed by atoms with Gasteiger partial charge in [-0.2, -0.15) is 0 Å². The third-order valence-electron chi connectivity index (χ3n) is 1.33. The van der Waals surface area contributed by atoms with Crippen molar-refractivity contribution in [2.45, 2.75) is 32.8 Å². The Kier molecular flexibility index (Phi) is 2.55. The summed E-state index contributed by atoms with van der Waals surface area (Å²) in [6.45, 7) is 4.09. The van der Waals surface area contributed by atoms with Gasteiger partial charge in [0.1, 0.15) is 5.76 Å². The highest BCUT2D eigenvalue weighted by atomic mass is 16.5. The van der Waals surface area contributed by atoms with Crippen molar-refractivity contribution in [2.75, 3.05) is 0 Å². The Hall–Kier alpha value is -0.720. The first kappa shape index (κ1) is 7.39. The van der Waals surface area contributed by atoms with E-state index in [4.69, 9.17) is 4.74 Å². The lowest BCUT2D eigenvalue weighted by Gasteiger charge is -2.12. The van der Waals surface area contributed by atoms with Crippen LogP contribution in [0.4, 0.5) is 0 Å². The van der Waals surface area contributed by atoms with Crippen LogP contribution in [-0.2, 0) is 4.74 Å². The summed E-state index contributed by atoms with van der Waals surface area (Å²) in [5.74, 6) is 1.03. The van der Waals surface area contributed by atoms with Crippen LogP contribution in [0.3, 0.4) is 0 Å². The highest BCUT2D eigenvalue weighted by Gasteiger charge is 1.99. The highest BCUT2D eigenvalue weighted by molar-refractivity contribution is 5.16. The molecule has 0 aromatic carbocycles. The van der Waals surface area contributed by atoms with Crippen molar-refractivity contribution in [3.05, 3.63) is 24.0 Å². The molecule has 0 fully saturated rings. The summed E-state index contributed by atoms with van der Waals surface area (Å²) >= 11 is 0. The monoisotopic (exact) mass is 138 g/mol. The molecule has 0 aromatic rings. The molecule has 1 heteroatoms. The molecule has 0 aliphatic heterocycles. The van der Waals surface area contributed by atoms with Gasteiger partial charge >= 0.3 is 0 Å². The van der Waals surface area contributed by atoms with Crippen LogP contribution in [0.15, 0.2) is 24.0 Å².